The minimum absolute atomic E-state index is 0.0155. The first-order valence-electron chi connectivity index (χ1n) is 15.0. The van der Waals surface area contributed by atoms with Gasteiger partial charge in [0.1, 0.15) is 24.4 Å². The number of nitrogens with one attached hydrogen (secondary N) is 3. The van der Waals surface area contributed by atoms with Crippen molar-refractivity contribution in [2.75, 3.05) is 6.54 Å². The largest absolute Gasteiger partial charge is 0.489 e. The van der Waals surface area contributed by atoms with Gasteiger partial charge in [-0.2, -0.15) is 0 Å². The predicted molar refractivity (Wildman–Crippen MR) is 166 cm³/mol. The van der Waals surface area contributed by atoms with Crippen LogP contribution in [0.4, 0.5) is 0 Å². The van der Waals surface area contributed by atoms with Crippen molar-refractivity contribution in [2.24, 2.45) is 0 Å². The smallest absolute Gasteiger partial charge is 0.326 e. The van der Waals surface area contributed by atoms with Crippen molar-refractivity contribution in [3.05, 3.63) is 102 Å². The van der Waals surface area contributed by atoms with Gasteiger partial charge in [0.2, 0.25) is 5.91 Å². The fourth-order valence-corrected chi connectivity index (χ4v) is 4.74. The van der Waals surface area contributed by atoms with E-state index in [2.05, 4.69) is 16.0 Å². The lowest BCUT2D eigenvalue weighted by atomic mass is 10.1. The molecule has 0 unspecified atom stereocenters. The van der Waals surface area contributed by atoms with Crippen LogP contribution in [0.3, 0.4) is 0 Å². The lowest BCUT2D eigenvalue weighted by Gasteiger charge is -2.18. The van der Waals surface area contributed by atoms with Crippen molar-refractivity contribution in [3.63, 3.8) is 0 Å². The second-order valence-electron chi connectivity index (χ2n) is 10.9. The summed E-state index contributed by atoms with van der Waals surface area (Å²) in [5, 5.41) is 26.4. The average molecular weight is 632 g/mol. The summed E-state index contributed by atoms with van der Waals surface area (Å²) >= 11 is 0. The van der Waals surface area contributed by atoms with E-state index in [1.54, 1.807) is 24.3 Å². The second kappa shape index (κ2) is 16.7. The number of hydrogen-bond donors (Lipinski definition) is 5. The van der Waals surface area contributed by atoms with Gasteiger partial charge in [-0.25, -0.2) is 4.79 Å². The first-order chi connectivity index (χ1) is 22.2. The van der Waals surface area contributed by atoms with Crippen LogP contribution in [-0.4, -0.2) is 70.7 Å². The predicted octanol–water partition coefficient (Wildman–Crippen LogP) is 2.24. The zero-order valence-corrected chi connectivity index (χ0v) is 25.1. The topological polar surface area (TPSA) is 184 Å². The van der Waals surface area contributed by atoms with Gasteiger partial charge < -0.3 is 35.6 Å². The number of ether oxygens (including phenoxy) is 2. The van der Waals surface area contributed by atoms with Crippen molar-refractivity contribution in [1.29, 1.82) is 0 Å². The van der Waals surface area contributed by atoms with Crippen LogP contribution >= 0.6 is 0 Å². The van der Waals surface area contributed by atoms with Gasteiger partial charge in [0.25, 0.3) is 11.8 Å². The molecule has 3 aromatic carbocycles. The standard InChI is InChI=1S/C34H37N3O9/c38-28(39)13-7-12-26(31(40)35-19-18-22-8-3-1-4-9-22)36-32(41)29-30(46-29)33(42)37-27(34(43)44)20-23-14-16-25(17-15-23)45-21-24-10-5-2-6-11-24/h1-6,8-11,14-17,26-27,29-30H,7,12-13,18-21H2,(H,35,40)(H,36,41)(H,37,42)(H,38,39)(H,43,44)/t26-,27+,29+,30+/m1/s1. The Kier molecular flexibility index (Phi) is 12.2. The van der Waals surface area contributed by atoms with Crippen LogP contribution in [0, 0.1) is 0 Å². The number of epoxide rings is 1. The molecule has 0 spiro atoms. The average Bonchev–Trinajstić information content (AvgIpc) is 3.86. The molecule has 1 aliphatic rings. The molecule has 0 radical (unpaired) electrons. The van der Waals surface area contributed by atoms with Crippen molar-refractivity contribution in [2.45, 2.75) is 63.0 Å². The summed E-state index contributed by atoms with van der Waals surface area (Å²) in [6, 6.07) is 23.6. The molecule has 242 valence electrons. The van der Waals surface area contributed by atoms with E-state index in [9.17, 15) is 29.1 Å². The molecule has 3 aromatic rings. The molecular weight excluding hydrogens is 594 g/mol. The van der Waals surface area contributed by atoms with Crippen LogP contribution in [0.15, 0.2) is 84.9 Å². The van der Waals surface area contributed by atoms with E-state index in [4.69, 9.17) is 14.6 Å². The van der Waals surface area contributed by atoms with Crippen LogP contribution in [0.5, 0.6) is 5.75 Å². The Balaban J connectivity index is 1.26. The maximum absolute atomic E-state index is 12.9. The van der Waals surface area contributed by atoms with Crippen LogP contribution in [0.1, 0.15) is 36.0 Å². The maximum atomic E-state index is 12.9. The molecule has 46 heavy (non-hydrogen) atoms. The van der Waals surface area contributed by atoms with E-state index in [1.807, 2.05) is 60.7 Å². The number of carbonyl (C=O) groups is 5. The zero-order valence-electron chi connectivity index (χ0n) is 25.1. The van der Waals surface area contributed by atoms with Gasteiger partial charge in [-0.3, -0.25) is 19.2 Å². The molecule has 0 aromatic heterocycles. The monoisotopic (exact) mass is 631 g/mol. The Labute approximate surface area is 266 Å². The number of amides is 3. The minimum atomic E-state index is -1.28. The van der Waals surface area contributed by atoms with Crippen molar-refractivity contribution >= 4 is 29.7 Å². The molecular formula is C34H37N3O9. The third-order valence-corrected chi connectivity index (χ3v) is 7.31. The maximum Gasteiger partial charge on any atom is 0.326 e. The SMILES string of the molecule is O=C(O)CCC[C@@H](NC(=O)[C@H]1O[C@@H]1C(=O)N[C@@H](Cc1ccc(OCc2ccccc2)cc1)C(=O)O)C(=O)NCCc1ccccc1. The summed E-state index contributed by atoms with van der Waals surface area (Å²) in [7, 11) is 0. The van der Waals surface area contributed by atoms with Gasteiger partial charge in [0.15, 0.2) is 12.2 Å². The third kappa shape index (κ3) is 10.7. The molecule has 1 saturated heterocycles. The molecule has 4 atom stereocenters. The lowest BCUT2D eigenvalue weighted by Crippen LogP contribution is -2.49. The Morgan fingerprint density at radius 1 is 0.739 bits per heavy atom. The summed E-state index contributed by atoms with van der Waals surface area (Å²) in [6.07, 6.45) is -1.87. The molecule has 12 nitrogen and oxygen atoms in total. The molecule has 0 saturated carbocycles. The number of hydrogen-bond acceptors (Lipinski definition) is 7. The van der Waals surface area contributed by atoms with Crippen molar-refractivity contribution < 1.29 is 43.7 Å². The van der Waals surface area contributed by atoms with Gasteiger partial charge in [0, 0.05) is 19.4 Å². The number of aliphatic carboxylic acids is 2. The van der Waals surface area contributed by atoms with Crippen LogP contribution in [-0.2, 0) is 48.2 Å². The summed E-state index contributed by atoms with van der Waals surface area (Å²) in [5.74, 6) is -3.67. The fraction of sp³-hybridized carbons (Fsp3) is 0.324. The summed E-state index contributed by atoms with van der Waals surface area (Å²) in [5.41, 5.74) is 2.66. The first kappa shape index (κ1) is 33.7. The molecule has 3 amide bonds. The van der Waals surface area contributed by atoms with E-state index >= 15 is 0 Å². The second-order valence-corrected chi connectivity index (χ2v) is 10.9. The Bertz CT molecular complexity index is 1480. The zero-order chi connectivity index (χ0) is 32.9. The Hall–Kier alpha value is -5.23. The quantitative estimate of drug-likeness (QED) is 0.131. The number of carboxylic acids is 2. The molecule has 1 heterocycles. The molecule has 1 aliphatic heterocycles. The van der Waals surface area contributed by atoms with Gasteiger partial charge >= 0.3 is 11.9 Å². The molecule has 4 rings (SSSR count). The Morgan fingerprint density at radius 3 is 1.91 bits per heavy atom. The number of benzene rings is 3. The van der Waals surface area contributed by atoms with E-state index in [0.717, 1.165) is 11.1 Å². The lowest BCUT2D eigenvalue weighted by molar-refractivity contribution is -0.142. The highest BCUT2D eigenvalue weighted by Gasteiger charge is 2.51. The molecule has 12 heteroatoms. The van der Waals surface area contributed by atoms with Crippen molar-refractivity contribution in [1.82, 2.24) is 16.0 Å². The van der Waals surface area contributed by atoms with Gasteiger partial charge in [0.05, 0.1) is 0 Å². The van der Waals surface area contributed by atoms with Crippen LogP contribution in [0.25, 0.3) is 0 Å². The van der Waals surface area contributed by atoms with Gasteiger partial charge in [-0.15, -0.1) is 0 Å². The summed E-state index contributed by atoms with van der Waals surface area (Å²) in [4.78, 5) is 61.4. The molecule has 5 N–H and O–H groups in total. The van der Waals surface area contributed by atoms with Gasteiger partial charge in [-0.1, -0.05) is 72.8 Å². The van der Waals surface area contributed by atoms with Gasteiger partial charge in [-0.05, 0) is 48.1 Å². The normalized spacial score (nSPS) is 16.3. The molecule has 0 bridgehead atoms. The molecule has 0 aliphatic carbocycles. The highest BCUT2D eigenvalue weighted by molar-refractivity contribution is 5.98. The highest BCUT2D eigenvalue weighted by atomic mass is 16.6. The van der Waals surface area contributed by atoms with E-state index < -0.39 is 54.0 Å². The van der Waals surface area contributed by atoms with E-state index in [1.165, 1.54) is 0 Å². The van der Waals surface area contributed by atoms with Crippen molar-refractivity contribution in [3.8, 4) is 5.75 Å². The molecule has 1 fully saturated rings. The van der Waals surface area contributed by atoms with E-state index in [0.29, 0.717) is 30.9 Å². The summed E-state index contributed by atoms with van der Waals surface area (Å²) in [6.45, 7) is 0.686. The fourth-order valence-electron chi connectivity index (χ4n) is 4.74. The Morgan fingerprint density at radius 2 is 1.33 bits per heavy atom. The number of rotatable bonds is 18. The number of carboxylic acid groups (broad SMARTS) is 2. The number of carbonyl (C=O) groups excluding carboxylic acids is 3. The van der Waals surface area contributed by atoms with Crippen LogP contribution < -0.4 is 20.7 Å². The first-order valence-corrected chi connectivity index (χ1v) is 15.0. The summed E-state index contributed by atoms with van der Waals surface area (Å²) < 4.78 is 11.0. The third-order valence-electron chi connectivity index (χ3n) is 7.31. The minimum Gasteiger partial charge on any atom is -0.489 e. The van der Waals surface area contributed by atoms with Crippen LogP contribution in [0.2, 0.25) is 0 Å². The van der Waals surface area contributed by atoms with E-state index in [-0.39, 0.29) is 25.7 Å². The highest BCUT2D eigenvalue weighted by Crippen LogP contribution is 2.23.